The maximum Gasteiger partial charge on any atom is 0.250 e. The molecule has 0 saturated heterocycles. The van der Waals surface area contributed by atoms with Crippen LogP contribution < -0.4 is 10.6 Å². The molecule has 1 aliphatic heterocycles. The van der Waals surface area contributed by atoms with Gasteiger partial charge in [0.1, 0.15) is 0 Å². The lowest BCUT2D eigenvalue weighted by atomic mass is 10.0. The topological polar surface area (TPSA) is 88.9 Å². The maximum atomic E-state index is 12.1. The Kier molecular flexibility index (Phi) is 4.49. The third kappa shape index (κ3) is 3.77. The molecular weight excluding hydrogens is 342 g/mol. The number of amides is 2. The molecule has 2 aromatic carbocycles. The Morgan fingerprint density at radius 3 is 2.56 bits per heavy atom. The van der Waals surface area contributed by atoms with Crippen LogP contribution in [0.1, 0.15) is 23.6 Å². The summed E-state index contributed by atoms with van der Waals surface area (Å²) in [4.78, 5) is 28.4. The van der Waals surface area contributed by atoms with Crippen molar-refractivity contribution in [2.45, 2.75) is 12.5 Å². The Balaban J connectivity index is 1.53. The molecule has 0 spiro atoms. The van der Waals surface area contributed by atoms with Crippen LogP contribution in [0.4, 0.5) is 11.9 Å². The summed E-state index contributed by atoms with van der Waals surface area (Å²) in [6.45, 7) is 0. The third-order valence-corrected chi connectivity index (χ3v) is 4.20. The summed E-state index contributed by atoms with van der Waals surface area (Å²) in [5.74, 6) is -0.00623. The van der Waals surface area contributed by atoms with Gasteiger partial charge in [-0.05, 0) is 17.2 Å². The van der Waals surface area contributed by atoms with Gasteiger partial charge in [-0.25, -0.2) is 4.68 Å². The van der Waals surface area contributed by atoms with Crippen LogP contribution in [-0.4, -0.2) is 26.6 Å². The minimum atomic E-state index is -0.343. The highest BCUT2D eigenvalue weighted by Gasteiger charge is 2.29. The first kappa shape index (κ1) is 16.7. The smallest absolute Gasteiger partial charge is 0.250 e. The molecule has 0 fully saturated rings. The summed E-state index contributed by atoms with van der Waals surface area (Å²) in [5.41, 5.74) is 1.88. The van der Waals surface area contributed by atoms with Gasteiger partial charge in [0.2, 0.25) is 11.9 Å². The minimum absolute atomic E-state index is 0.134. The first-order valence-corrected chi connectivity index (χ1v) is 8.54. The monoisotopic (exact) mass is 359 g/mol. The number of hydrogen-bond acceptors (Lipinski definition) is 4. The zero-order valence-electron chi connectivity index (χ0n) is 14.4. The van der Waals surface area contributed by atoms with Crippen molar-refractivity contribution < 1.29 is 9.59 Å². The van der Waals surface area contributed by atoms with E-state index in [4.69, 9.17) is 0 Å². The van der Waals surface area contributed by atoms with Crippen molar-refractivity contribution in [3.05, 3.63) is 77.9 Å². The Labute approximate surface area is 155 Å². The van der Waals surface area contributed by atoms with Gasteiger partial charge in [0.05, 0.1) is 12.5 Å². The Hall–Kier alpha value is -3.74. The molecule has 1 aliphatic rings. The Morgan fingerprint density at radius 2 is 1.81 bits per heavy atom. The molecule has 0 aliphatic carbocycles. The van der Waals surface area contributed by atoms with Crippen molar-refractivity contribution >= 4 is 29.8 Å². The van der Waals surface area contributed by atoms with Crippen LogP contribution in [-0.2, 0) is 9.59 Å². The average Bonchev–Trinajstić information content (AvgIpc) is 3.09. The molecule has 1 aromatic heterocycles. The normalized spacial score (nSPS) is 16.0. The van der Waals surface area contributed by atoms with Gasteiger partial charge in [-0.15, -0.1) is 5.10 Å². The van der Waals surface area contributed by atoms with Crippen molar-refractivity contribution in [2.75, 3.05) is 10.6 Å². The van der Waals surface area contributed by atoms with Crippen LogP contribution in [0.15, 0.2) is 66.7 Å². The summed E-state index contributed by atoms with van der Waals surface area (Å²) in [5, 5.41) is 9.69. The number of nitrogens with one attached hydrogen (secondary N) is 2. The molecule has 7 nitrogen and oxygen atoms in total. The Bertz CT molecular complexity index is 996. The maximum absolute atomic E-state index is 12.1. The number of rotatable bonds is 4. The first-order valence-electron chi connectivity index (χ1n) is 8.54. The fraction of sp³-hybridized carbons (Fsp3) is 0.100. The first-order chi connectivity index (χ1) is 13.2. The van der Waals surface area contributed by atoms with Gasteiger partial charge >= 0.3 is 0 Å². The number of carbonyl (C=O) groups excluding carboxylic acids is 2. The molecule has 27 heavy (non-hydrogen) atoms. The van der Waals surface area contributed by atoms with E-state index < -0.39 is 0 Å². The Morgan fingerprint density at radius 1 is 1.11 bits per heavy atom. The SMILES string of the molecule is O=C(C=Cc1ccccc1)Nc1nc2n(n1)C(c1ccccc1)CC(=O)N2. The fourth-order valence-electron chi connectivity index (χ4n) is 2.94. The average molecular weight is 359 g/mol. The van der Waals surface area contributed by atoms with Gasteiger partial charge in [0, 0.05) is 6.08 Å². The molecule has 4 rings (SSSR count). The van der Waals surface area contributed by atoms with E-state index in [0.29, 0.717) is 5.95 Å². The molecule has 7 heteroatoms. The van der Waals surface area contributed by atoms with E-state index in [2.05, 4.69) is 20.7 Å². The van der Waals surface area contributed by atoms with Crippen LogP contribution in [0.2, 0.25) is 0 Å². The van der Waals surface area contributed by atoms with E-state index >= 15 is 0 Å². The number of nitrogens with zero attached hydrogens (tertiary/aromatic N) is 3. The summed E-state index contributed by atoms with van der Waals surface area (Å²) in [6, 6.07) is 18.9. The van der Waals surface area contributed by atoms with E-state index in [0.717, 1.165) is 11.1 Å². The molecule has 1 atom stereocenters. The molecule has 1 unspecified atom stereocenters. The second-order valence-electron chi connectivity index (χ2n) is 6.12. The van der Waals surface area contributed by atoms with Crippen LogP contribution in [0.25, 0.3) is 6.08 Å². The summed E-state index contributed by atoms with van der Waals surface area (Å²) < 4.78 is 1.63. The van der Waals surface area contributed by atoms with Gasteiger partial charge in [-0.2, -0.15) is 4.98 Å². The lowest BCUT2D eigenvalue weighted by molar-refractivity contribution is -0.117. The van der Waals surface area contributed by atoms with Crippen molar-refractivity contribution in [1.82, 2.24) is 14.8 Å². The number of fused-ring (bicyclic) bond motifs is 1. The van der Waals surface area contributed by atoms with Gasteiger partial charge in [-0.1, -0.05) is 60.7 Å². The van der Waals surface area contributed by atoms with Gasteiger partial charge in [0.25, 0.3) is 11.9 Å². The number of aromatic nitrogens is 3. The number of hydrogen-bond donors (Lipinski definition) is 2. The van der Waals surface area contributed by atoms with E-state index in [1.807, 2.05) is 60.7 Å². The number of anilines is 2. The van der Waals surface area contributed by atoms with E-state index in [1.165, 1.54) is 6.08 Å². The lowest BCUT2D eigenvalue weighted by Gasteiger charge is -2.23. The van der Waals surface area contributed by atoms with Gasteiger partial charge in [0.15, 0.2) is 0 Å². The second-order valence-corrected chi connectivity index (χ2v) is 6.12. The van der Waals surface area contributed by atoms with Crippen LogP contribution in [0.3, 0.4) is 0 Å². The predicted octanol–water partition coefficient (Wildman–Crippen LogP) is 2.86. The largest absolute Gasteiger partial charge is 0.295 e. The molecule has 134 valence electrons. The zero-order valence-corrected chi connectivity index (χ0v) is 14.4. The number of benzene rings is 2. The van der Waals surface area contributed by atoms with Gasteiger partial charge < -0.3 is 0 Å². The fourth-order valence-corrected chi connectivity index (χ4v) is 2.94. The summed E-state index contributed by atoms with van der Waals surface area (Å²) in [6.07, 6.45) is 3.39. The standard InChI is InChI=1S/C20H17N5O2/c26-17(12-11-14-7-3-1-4-8-14)21-19-23-20-22-18(27)13-16(25(20)24-19)15-9-5-2-6-10-15/h1-12,16H,13H2,(H2,21,22,23,24,26,27). The van der Waals surface area contributed by atoms with Crippen LogP contribution >= 0.6 is 0 Å². The molecule has 2 N–H and O–H groups in total. The van der Waals surface area contributed by atoms with E-state index in [-0.39, 0.29) is 30.2 Å². The molecule has 0 bridgehead atoms. The number of carbonyl (C=O) groups is 2. The molecular formula is C20H17N5O2. The summed E-state index contributed by atoms with van der Waals surface area (Å²) in [7, 11) is 0. The highest BCUT2D eigenvalue weighted by molar-refractivity contribution is 6.01. The lowest BCUT2D eigenvalue weighted by Crippen LogP contribution is -2.29. The van der Waals surface area contributed by atoms with E-state index in [1.54, 1.807) is 10.8 Å². The van der Waals surface area contributed by atoms with Crippen molar-refractivity contribution in [1.29, 1.82) is 0 Å². The quantitative estimate of drug-likeness (QED) is 0.701. The summed E-state index contributed by atoms with van der Waals surface area (Å²) >= 11 is 0. The van der Waals surface area contributed by atoms with Crippen LogP contribution in [0, 0.1) is 0 Å². The molecule has 2 amide bonds. The minimum Gasteiger partial charge on any atom is -0.295 e. The highest BCUT2D eigenvalue weighted by atomic mass is 16.2. The predicted molar refractivity (Wildman–Crippen MR) is 102 cm³/mol. The zero-order chi connectivity index (χ0) is 18.6. The van der Waals surface area contributed by atoms with Crippen molar-refractivity contribution in [2.24, 2.45) is 0 Å². The van der Waals surface area contributed by atoms with Crippen LogP contribution in [0.5, 0.6) is 0 Å². The molecule has 3 aromatic rings. The van der Waals surface area contributed by atoms with Crippen molar-refractivity contribution in [3.63, 3.8) is 0 Å². The van der Waals surface area contributed by atoms with E-state index in [9.17, 15) is 9.59 Å². The molecule has 2 heterocycles. The molecule has 0 radical (unpaired) electrons. The molecule has 0 saturated carbocycles. The van der Waals surface area contributed by atoms with Crippen molar-refractivity contribution in [3.8, 4) is 0 Å². The third-order valence-electron chi connectivity index (χ3n) is 4.20. The highest BCUT2D eigenvalue weighted by Crippen LogP contribution is 2.29. The second kappa shape index (κ2) is 7.25. The van der Waals surface area contributed by atoms with Gasteiger partial charge in [-0.3, -0.25) is 20.2 Å².